The highest BCUT2D eigenvalue weighted by molar-refractivity contribution is 7.59. The van der Waals surface area contributed by atoms with E-state index in [1.807, 2.05) is 6.92 Å². The zero-order chi connectivity index (χ0) is 18.7. The van der Waals surface area contributed by atoms with Crippen molar-refractivity contribution in [2.24, 2.45) is 0 Å². The smallest absolute Gasteiger partial charge is 0.406 e. The van der Waals surface area contributed by atoms with Gasteiger partial charge in [0.2, 0.25) is 0 Å². The highest BCUT2D eigenvalue weighted by atomic mass is 32.1. The summed E-state index contributed by atoms with van der Waals surface area (Å²) in [5.41, 5.74) is 1.55. The molecule has 2 heterocycles. The fourth-order valence-corrected chi connectivity index (χ4v) is 2.49. The molecule has 0 aliphatic rings. The first-order valence-corrected chi connectivity index (χ1v) is 7.98. The number of aliphatic hydroxyl groups is 1. The molecular weight excluding hydrogens is 381 g/mol. The molecule has 1 atom stereocenters. The third kappa shape index (κ3) is 5.04. The zero-order valence-electron chi connectivity index (χ0n) is 14.4. The van der Waals surface area contributed by atoms with Gasteiger partial charge in [0.05, 0.1) is 24.5 Å². The summed E-state index contributed by atoms with van der Waals surface area (Å²) in [4.78, 5) is 4.22. The van der Waals surface area contributed by atoms with Crippen LogP contribution >= 0.6 is 13.5 Å². The lowest BCUT2D eigenvalue weighted by molar-refractivity contribution is -0.274. The molecule has 2 aromatic heterocycles. The first-order valence-electron chi connectivity index (χ1n) is 7.98. The van der Waals surface area contributed by atoms with E-state index in [0.29, 0.717) is 29.1 Å². The van der Waals surface area contributed by atoms with Gasteiger partial charge in [-0.1, -0.05) is 19.1 Å². The minimum Gasteiger partial charge on any atom is -0.406 e. The Kier molecular flexibility index (Phi) is 6.55. The standard InChI is InChI=1S/C17H17F3N4O2.H2S/c1-2-12(10-25)22-15-6-7-16-21-9-14(24(16)23-15)11-4-3-5-13(8-11)26-17(18,19)20;/h3-9,12,25H,2,10H2,1H3,(H,22,23);1H2/t12-;/m0./s1. The highest BCUT2D eigenvalue weighted by Crippen LogP contribution is 2.28. The van der Waals surface area contributed by atoms with Crippen molar-refractivity contribution < 1.29 is 23.0 Å². The molecule has 0 unspecified atom stereocenters. The maximum atomic E-state index is 12.4. The predicted octanol–water partition coefficient (Wildman–Crippen LogP) is 3.59. The largest absolute Gasteiger partial charge is 0.573 e. The van der Waals surface area contributed by atoms with E-state index in [1.54, 1.807) is 18.2 Å². The lowest BCUT2D eigenvalue weighted by Crippen LogP contribution is -2.23. The van der Waals surface area contributed by atoms with E-state index >= 15 is 0 Å². The Morgan fingerprint density at radius 3 is 2.70 bits per heavy atom. The molecule has 0 radical (unpaired) electrons. The Morgan fingerprint density at radius 2 is 2.04 bits per heavy atom. The molecule has 0 bridgehead atoms. The molecule has 2 N–H and O–H groups in total. The molecule has 0 fully saturated rings. The predicted molar refractivity (Wildman–Crippen MR) is 100 cm³/mol. The summed E-state index contributed by atoms with van der Waals surface area (Å²) in [6.07, 6.45) is -2.51. The molecule has 6 nitrogen and oxygen atoms in total. The number of benzene rings is 1. The SMILES string of the molecule is CC[C@@H](CO)Nc1ccc2ncc(-c3cccc(OC(F)(F)F)c3)n2n1.S. The van der Waals surface area contributed by atoms with Crippen LogP contribution in [0.25, 0.3) is 16.9 Å². The van der Waals surface area contributed by atoms with Gasteiger partial charge in [-0.15, -0.1) is 18.3 Å². The maximum Gasteiger partial charge on any atom is 0.573 e. The zero-order valence-corrected chi connectivity index (χ0v) is 15.4. The molecule has 1 aromatic carbocycles. The van der Waals surface area contributed by atoms with E-state index in [1.165, 1.54) is 28.9 Å². The van der Waals surface area contributed by atoms with Crippen LogP contribution in [0.1, 0.15) is 13.3 Å². The minimum atomic E-state index is -4.76. The average molecular weight is 400 g/mol. The van der Waals surface area contributed by atoms with Crippen LogP contribution in [0.3, 0.4) is 0 Å². The van der Waals surface area contributed by atoms with Crippen molar-refractivity contribution in [2.75, 3.05) is 11.9 Å². The summed E-state index contributed by atoms with van der Waals surface area (Å²) in [6, 6.07) is 8.95. The van der Waals surface area contributed by atoms with E-state index in [-0.39, 0.29) is 31.9 Å². The fourth-order valence-electron chi connectivity index (χ4n) is 2.49. The normalized spacial score (nSPS) is 12.5. The maximum absolute atomic E-state index is 12.4. The molecule has 0 aliphatic heterocycles. The molecule has 146 valence electrons. The number of hydrogen-bond donors (Lipinski definition) is 2. The molecule has 3 rings (SSSR count). The Bertz CT molecular complexity index is 897. The van der Waals surface area contributed by atoms with Crippen LogP contribution in [0.4, 0.5) is 19.0 Å². The molecular formula is C17H19F3N4O2S. The molecule has 0 aliphatic carbocycles. The highest BCUT2D eigenvalue weighted by Gasteiger charge is 2.31. The second-order valence-corrected chi connectivity index (χ2v) is 5.64. The quantitative estimate of drug-likeness (QED) is 0.662. The van der Waals surface area contributed by atoms with Crippen molar-refractivity contribution in [2.45, 2.75) is 25.7 Å². The van der Waals surface area contributed by atoms with Crippen molar-refractivity contribution in [1.29, 1.82) is 0 Å². The summed E-state index contributed by atoms with van der Waals surface area (Å²) in [5, 5.41) is 16.8. The van der Waals surface area contributed by atoms with Gasteiger partial charge in [-0.2, -0.15) is 13.5 Å². The van der Waals surface area contributed by atoms with Crippen molar-refractivity contribution in [3.63, 3.8) is 0 Å². The number of halogens is 3. The summed E-state index contributed by atoms with van der Waals surface area (Å²) in [7, 11) is 0. The van der Waals surface area contributed by atoms with E-state index in [0.717, 1.165) is 0 Å². The van der Waals surface area contributed by atoms with Crippen LogP contribution in [0.2, 0.25) is 0 Å². The van der Waals surface area contributed by atoms with Gasteiger partial charge in [-0.05, 0) is 30.7 Å². The number of imidazole rings is 1. The van der Waals surface area contributed by atoms with Gasteiger partial charge >= 0.3 is 6.36 Å². The number of nitrogens with one attached hydrogen (secondary N) is 1. The monoisotopic (exact) mass is 400 g/mol. The third-order valence-electron chi connectivity index (χ3n) is 3.79. The van der Waals surface area contributed by atoms with Crippen molar-refractivity contribution in [3.05, 3.63) is 42.6 Å². The first-order chi connectivity index (χ1) is 12.4. The first kappa shape index (κ1) is 20.8. The Hall–Kier alpha value is -2.46. The van der Waals surface area contributed by atoms with Crippen LogP contribution < -0.4 is 10.1 Å². The van der Waals surface area contributed by atoms with Crippen molar-refractivity contribution >= 4 is 25.0 Å². The number of aromatic nitrogens is 3. The van der Waals surface area contributed by atoms with Gasteiger partial charge in [0.25, 0.3) is 0 Å². The lowest BCUT2D eigenvalue weighted by Gasteiger charge is -2.14. The van der Waals surface area contributed by atoms with Crippen LogP contribution in [0, 0.1) is 0 Å². The molecule has 0 saturated carbocycles. The Labute approximate surface area is 160 Å². The van der Waals surface area contributed by atoms with Crippen LogP contribution in [-0.2, 0) is 0 Å². The van der Waals surface area contributed by atoms with Crippen molar-refractivity contribution in [1.82, 2.24) is 14.6 Å². The van der Waals surface area contributed by atoms with Crippen molar-refractivity contribution in [3.8, 4) is 17.0 Å². The summed E-state index contributed by atoms with van der Waals surface area (Å²) >= 11 is 0. The van der Waals surface area contributed by atoms with Gasteiger partial charge in [-0.25, -0.2) is 9.50 Å². The molecule has 0 spiro atoms. The number of hydrogen-bond acceptors (Lipinski definition) is 5. The number of ether oxygens (including phenoxy) is 1. The summed E-state index contributed by atoms with van der Waals surface area (Å²) in [6.45, 7) is 1.89. The number of nitrogens with zero attached hydrogens (tertiary/aromatic N) is 3. The summed E-state index contributed by atoms with van der Waals surface area (Å²) in [5.74, 6) is 0.214. The number of anilines is 1. The van der Waals surface area contributed by atoms with E-state index < -0.39 is 6.36 Å². The minimum absolute atomic E-state index is 0. The van der Waals surface area contributed by atoms with E-state index in [9.17, 15) is 18.3 Å². The van der Waals surface area contributed by atoms with Gasteiger partial charge < -0.3 is 15.2 Å². The number of aliphatic hydroxyl groups excluding tert-OH is 1. The molecule has 10 heteroatoms. The summed E-state index contributed by atoms with van der Waals surface area (Å²) < 4.78 is 42.8. The second-order valence-electron chi connectivity index (χ2n) is 5.64. The average Bonchev–Trinajstić information content (AvgIpc) is 3.01. The fraction of sp³-hybridized carbons (Fsp3) is 0.294. The van der Waals surface area contributed by atoms with E-state index in [2.05, 4.69) is 20.1 Å². The van der Waals surface area contributed by atoms with Gasteiger partial charge in [0, 0.05) is 5.56 Å². The number of fused-ring (bicyclic) bond motifs is 1. The van der Waals surface area contributed by atoms with Gasteiger partial charge in [-0.3, -0.25) is 0 Å². The van der Waals surface area contributed by atoms with Gasteiger partial charge in [0.15, 0.2) is 5.65 Å². The molecule has 27 heavy (non-hydrogen) atoms. The van der Waals surface area contributed by atoms with Crippen LogP contribution in [0.15, 0.2) is 42.6 Å². The second kappa shape index (κ2) is 8.49. The Morgan fingerprint density at radius 1 is 1.26 bits per heavy atom. The lowest BCUT2D eigenvalue weighted by atomic mass is 10.1. The van der Waals surface area contributed by atoms with Crippen LogP contribution in [-0.4, -0.2) is 38.7 Å². The van der Waals surface area contributed by atoms with E-state index in [4.69, 9.17) is 0 Å². The number of alkyl halides is 3. The molecule has 3 aromatic rings. The third-order valence-corrected chi connectivity index (χ3v) is 3.79. The molecule has 0 amide bonds. The topological polar surface area (TPSA) is 71.7 Å². The number of rotatable bonds is 6. The van der Waals surface area contributed by atoms with Gasteiger partial charge in [0.1, 0.15) is 11.6 Å². The molecule has 0 saturated heterocycles. The Balaban J connectivity index is 0.00000261. The van der Waals surface area contributed by atoms with Crippen LogP contribution in [0.5, 0.6) is 5.75 Å².